The van der Waals surface area contributed by atoms with Crippen LogP contribution in [0.2, 0.25) is 0 Å². The first-order valence-electron chi connectivity index (χ1n) is 7.87. The van der Waals surface area contributed by atoms with Crippen molar-refractivity contribution >= 4 is 33.9 Å². The molecule has 3 aromatic rings. The topological polar surface area (TPSA) is 42.2 Å². The predicted octanol–water partition coefficient (Wildman–Crippen LogP) is 5.12. The maximum Gasteiger partial charge on any atom is 0.453 e. The summed E-state index contributed by atoms with van der Waals surface area (Å²) < 4.78 is 41.5. The van der Waals surface area contributed by atoms with Crippen LogP contribution in [0.5, 0.6) is 0 Å². The van der Waals surface area contributed by atoms with Crippen molar-refractivity contribution < 1.29 is 13.2 Å². The number of alkyl halides is 3. The summed E-state index contributed by atoms with van der Waals surface area (Å²) in [6.45, 7) is 7.66. The molecule has 1 aliphatic rings. The number of hydrogen-bond acceptors (Lipinski definition) is 3. The molecule has 8 heteroatoms. The lowest BCUT2D eigenvalue weighted by Gasteiger charge is -2.12. The summed E-state index contributed by atoms with van der Waals surface area (Å²) in [5.41, 5.74) is 6.30. The van der Waals surface area contributed by atoms with Crippen LogP contribution < -0.4 is 5.32 Å². The van der Waals surface area contributed by atoms with Gasteiger partial charge >= 0.3 is 6.18 Å². The Hall–Kier alpha value is -2.10. The average molecular weight is 470 g/mol. The molecule has 1 aliphatic heterocycles. The maximum atomic E-state index is 13.1. The molecule has 0 bridgehead atoms. The highest BCUT2D eigenvalue weighted by Gasteiger charge is 2.37. The van der Waals surface area contributed by atoms with Gasteiger partial charge in [-0.05, 0) is 71.3 Å². The van der Waals surface area contributed by atoms with Crippen LogP contribution >= 0.6 is 22.6 Å². The second-order valence-electron chi connectivity index (χ2n) is 6.43. The second kappa shape index (κ2) is 5.70. The zero-order valence-corrected chi connectivity index (χ0v) is 16.2. The van der Waals surface area contributed by atoms with Gasteiger partial charge in [-0.15, -0.1) is 5.10 Å². The van der Waals surface area contributed by atoms with Gasteiger partial charge in [0.2, 0.25) is 0 Å². The van der Waals surface area contributed by atoms with Crippen LogP contribution in [0.1, 0.15) is 22.5 Å². The molecule has 0 aliphatic carbocycles. The van der Waals surface area contributed by atoms with E-state index in [1.165, 1.54) is 4.52 Å². The highest BCUT2D eigenvalue weighted by molar-refractivity contribution is 14.1. The van der Waals surface area contributed by atoms with Gasteiger partial charge in [0.25, 0.3) is 5.82 Å². The van der Waals surface area contributed by atoms with Crippen LogP contribution in [0.3, 0.4) is 0 Å². The molecule has 3 heterocycles. The Bertz CT molecular complexity index is 1080. The Kier molecular flexibility index (Phi) is 3.80. The van der Waals surface area contributed by atoms with Crippen molar-refractivity contribution in [1.29, 1.82) is 0 Å². The third-order valence-corrected chi connectivity index (χ3v) is 5.21. The standard InChI is InChI=1S/C18H14F3IN4/c1-8-4-12(7-11-6-10(3)23-14(8)11)15-13(22)5-9(2)16-24-17(18(19,20)21)25-26(15)16/h4-5,7,23H,3,6H2,1-2H3. The van der Waals surface area contributed by atoms with E-state index in [-0.39, 0.29) is 5.65 Å². The van der Waals surface area contributed by atoms with E-state index in [4.69, 9.17) is 0 Å². The normalized spacial score (nSPS) is 14.0. The molecular formula is C18H14F3IN4. The second-order valence-corrected chi connectivity index (χ2v) is 7.59. The number of hydrogen-bond donors (Lipinski definition) is 1. The Balaban J connectivity index is 2.01. The molecule has 0 saturated carbocycles. The highest BCUT2D eigenvalue weighted by Crippen LogP contribution is 2.37. The summed E-state index contributed by atoms with van der Waals surface area (Å²) in [6, 6.07) is 5.76. The SMILES string of the molecule is C=C1Cc2cc(-c3c(I)cc(C)c4nc(C(F)(F)F)nn34)cc(C)c2N1. The summed E-state index contributed by atoms with van der Waals surface area (Å²) >= 11 is 2.13. The number of benzene rings is 1. The van der Waals surface area contributed by atoms with Gasteiger partial charge in [-0.25, -0.2) is 9.50 Å². The molecule has 1 N–H and O–H groups in total. The molecule has 4 nitrogen and oxygen atoms in total. The molecule has 4 rings (SSSR count). The summed E-state index contributed by atoms with van der Waals surface area (Å²) in [5, 5.41) is 7.01. The number of nitrogens with zero attached hydrogens (tertiary/aromatic N) is 3. The van der Waals surface area contributed by atoms with Crippen LogP contribution in [0.25, 0.3) is 16.9 Å². The van der Waals surface area contributed by atoms with Gasteiger partial charge in [-0.3, -0.25) is 0 Å². The minimum atomic E-state index is -4.59. The molecule has 134 valence electrons. The number of anilines is 1. The van der Waals surface area contributed by atoms with Gasteiger partial charge in [0, 0.05) is 26.9 Å². The molecule has 0 radical (unpaired) electrons. The molecule has 1 aromatic carbocycles. The van der Waals surface area contributed by atoms with Crippen LogP contribution in [0.15, 0.2) is 30.5 Å². The quantitative estimate of drug-likeness (QED) is 0.503. The number of allylic oxidation sites excluding steroid dienone is 1. The van der Waals surface area contributed by atoms with Gasteiger partial charge in [0.05, 0.1) is 5.69 Å². The van der Waals surface area contributed by atoms with Crippen molar-refractivity contribution in [2.24, 2.45) is 0 Å². The first-order chi connectivity index (χ1) is 12.1. The zero-order chi connectivity index (χ0) is 18.8. The average Bonchev–Trinajstić information content (AvgIpc) is 3.10. The van der Waals surface area contributed by atoms with Crippen LogP contribution in [-0.2, 0) is 12.6 Å². The van der Waals surface area contributed by atoms with E-state index >= 15 is 0 Å². The minimum absolute atomic E-state index is 0.216. The largest absolute Gasteiger partial charge is 0.453 e. The molecule has 0 spiro atoms. The molecule has 26 heavy (non-hydrogen) atoms. The van der Waals surface area contributed by atoms with E-state index in [1.807, 2.05) is 25.1 Å². The summed E-state index contributed by atoms with van der Waals surface area (Å²) in [4.78, 5) is 3.71. The van der Waals surface area contributed by atoms with E-state index < -0.39 is 12.0 Å². The van der Waals surface area contributed by atoms with Crippen molar-refractivity contribution in [2.75, 3.05) is 5.32 Å². The molecule has 0 unspecified atom stereocenters. The third kappa shape index (κ3) is 2.67. The molecule has 0 atom stereocenters. The van der Waals surface area contributed by atoms with E-state index in [0.29, 0.717) is 17.7 Å². The summed E-state index contributed by atoms with van der Waals surface area (Å²) in [7, 11) is 0. The Morgan fingerprint density at radius 2 is 1.92 bits per heavy atom. The van der Waals surface area contributed by atoms with Crippen molar-refractivity contribution in [3.8, 4) is 11.3 Å². The Morgan fingerprint density at radius 3 is 2.62 bits per heavy atom. The Morgan fingerprint density at radius 1 is 1.19 bits per heavy atom. The molecular weight excluding hydrogens is 456 g/mol. The molecule has 0 fully saturated rings. The van der Waals surface area contributed by atoms with Gasteiger partial charge in [0.15, 0.2) is 5.65 Å². The predicted molar refractivity (Wildman–Crippen MR) is 102 cm³/mol. The van der Waals surface area contributed by atoms with E-state index in [9.17, 15) is 13.2 Å². The fourth-order valence-corrected chi connectivity index (χ4v) is 4.30. The number of fused-ring (bicyclic) bond motifs is 2. The van der Waals surface area contributed by atoms with Crippen molar-refractivity contribution in [3.63, 3.8) is 0 Å². The fourth-order valence-electron chi connectivity index (χ4n) is 3.29. The van der Waals surface area contributed by atoms with E-state index in [0.717, 1.165) is 31.6 Å². The molecule has 0 saturated heterocycles. The van der Waals surface area contributed by atoms with Crippen molar-refractivity contribution in [2.45, 2.75) is 26.4 Å². The number of aryl methyl sites for hydroxylation is 2. The van der Waals surface area contributed by atoms with Gasteiger partial charge in [0.1, 0.15) is 0 Å². The van der Waals surface area contributed by atoms with E-state index in [1.54, 1.807) is 6.92 Å². The van der Waals surface area contributed by atoms with Crippen LogP contribution in [0.4, 0.5) is 18.9 Å². The van der Waals surface area contributed by atoms with Crippen LogP contribution in [-0.4, -0.2) is 14.6 Å². The number of pyridine rings is 1. The number of rotatable bonds is 1. The monoisotopic (exact) mass is 470 g/mol. The van der Waals surface area contributed by atoms with E-state index in [2.05, 4.69) is 44.6 Å². The lowest BCUT2D eigenvalue weighted by atomic mass is 10.0. The molecule has 2 aromatic heterocycles. The number of halogens is 4. The number of aromatic nitrogens is 3. The summed E-state index contributed by atoms with van der Waals surface area (Å²) in [5.74, 6) is -1.13. The first kappa shape index (κ1) is 17.3. The first-order valence-corrected chi connectivity index (χ1v) is 8.95. The van der Waals surface area contributed by atoms with Crippen molar-refractivity contribution in [1.82, 2.24) is 14.6 Å². The third-order valence-electron chi connectivity index (χ3n) is 4.39. The van der Waals surface area contributed by atoms with Crippen molar-refractivity contribution in [3.05, 3.63) is 56.6 Å². The fraction of sp³-hybridized carbons (Fsp3) is 0.222. The maximum absolute atomic E-state index is 13.1. The smallest absolute Gasteiger partial charge is 0.359 e. The lowest BCUT2D eigenvalue weighted by Crippen LogP contribution is -2.08. The lowest BCUT2D eigenvalue weighted by molar-refractivity contribution is -0.144. The number of nitrogens with one attached hydrogen (secondary N) is 1. The van der Waals surface area contributed by atoms with Gasteiger partial charge < -0.3 is 5.32 Å². The zero-order valence-electron chi connectivity index (χ0n) is 14.0. The van der Waals surface area contributed by atoms with Gasteiger partial charge in [-0.2, -0.15) is 13.2 Å². The Labute approximate surface area is 161 Å². The van der Waals surface area contributed by atoms with Gasteiger partial charge in [-0.1, -0.05) is 6.58 Å². The summed E-state index contributed by atoms with van der Waals surface area (Å²) in [6.07, 6.45) is -3.89. The highest BCUT2D eigenvalue weighted by atomic mass is 127. The van der Waals surface area contributed by atoms with Crippen LogP contribution in [0, 0.1) is 17.4 Å². The minimum Gasteiger partial charge on any atom is -0.359 e. The molecule has 0 amide bonds.